The summed E-state index contributed by atoms with van der Waals surface area (Å²) in [4.78, 5) is 14.6. The van der Waals surface area contributed by atoms with Crippen LogP contribution in [0, 0.1) is 0 Å². The van der Waals surface area contributed by atoms with Crippen molar-refractivity contribution in [3.63, 3.8) is 0 Å². The molecule has 0 aliphatic heterocycles. The van der Waals surface area contributed by atoms with Gasteiger partial charge in [-0.25, -0.2) is 9.89 Å². The van der Waals surface area contributed by atoms with E-state index in [9.17, 15) is 4.79 Å². The monoisotopic (exact) mass is 266 g/mol. The molecule has 2 aromatic rings. The third kappa shape index (κ3) is 2.63. The largest absolute Gasteiger partial charge is 0.363 e. The van der Waals surface area contributed by atoms with Gasteiger partial charge >= 0.3 is 5.69 Å². The Bertz CT molecular complexity index is 525. The molecule has 0 unspecified atom stereocenters. The van der Waals surface area contributed by atoms with Crippen molar-refractivity contribution >= 4 is 27.4 Å². The Labute approximate surface area is 93.7 Å². The summed E-state index contributed by atoms with van der Waals surface area (Å²) < 4.78 is 0.949. The Hall–Kier alpha value is -1.69. The average Bonchev–Trinajstić information content (AvgIpc) is 2.17. The summed E-state index contributed by atoms with van der Waals surface area (Å²) in [6.45, 7) is 0. The first-order valence-corrected chi connectivity index (χ1v) is 4.98. The first-order chi connectivity index (χ1) is 7.24. The molecule has 0 bridgehead atoms. The van der Waals surface area contributed by atoms with Crippen LogP contribution in [0.25, 0.3) is 0 Å². The first kappa shape index (κ1) is 9.85. The molecule has 0 aliphatic carbocycles. The summed E-state index contributed by atoms with van der Waals surface area (Å²) in [5, 5.41) is 8.79. The quantitative estimate of drug-likeness (QED) is 0.868. The van der Waals surface area contributed by atoms with Gasteiger partial charge in [0.1, 0.15) is 0 Å². The van der Waals surface area contributed by atoms with E-state index in [1.807, 2.05) is 24.3 Å². The second-order valence-electron chi connectivity index (χ2n) is 2.81. The van der Waals surface area contributed by atoms with Crippen molar-refractivity contribution in [3.8, 4) is 0 Å². The summed E-state index contributed by atoms with van der Waals surface area (Å²) in [7, 11) is 0. The van der Waals surface area contributed by atoms with Gasteiger partial charge < -0.3 is 5.32 Å². The van der Waals surface area contributed by atoms with E-state index in [0.717, 1.165) is 10.2 Å². The Morgan fingerprint density at radius 1 is 1.40 bits per heavy atom. The van der Waals surface area contributed by atoms with Crippen molar-refractivity contribution in [2.24, 2.45) is 0 Å². The fourth-order valence-electron chi connectivity index (χ4n) is 1.09. The molecule has 1 heterocycles. The highest BCUT2D eigenvalue weighted by atomic mass is 79.9. The summed E-state index contributed by atoms with van der Waals surface area (Å²) >= 11 is 3.35. The topological polar surface area (TPSA) is 70.7 Å². The molecule has 2 N–H and O–H groups in total. The predicted octanol–water partition coefficient (Wildman–Crippen LogP) is 1.67. The third-order valence-corrected chi connectivity index (χ3v) is 2.16. The van der Waals surface area contributed by atoms with Gasteiger partial charge in [-0.05, 0) is 18.2 Å². The van der Waals surface area contributed by atoms with Crippen molar-refractivity contribution in [2.75, 3.05) is 5.32 Å². The van der Waals surface area contributed by atoms with Crippen LogP contribution in [-0.2, 0) is 0 Å². The number of nitrogens with one attached hydrogen (secondary N) is 2. The lowest BCUT2D eigenvalue weighted by Crippen LogP contribution is -2.13. The lowest BCUT2D eigenvalue weighted by Gasteiger charge is -2.03. The lowest BCUT2D eigenvalue weighted by molar-refractivity contribution is 0.918. The molecule has 1 aromatic carbocycles. The van der Waals surface area contributed by atoms with Gasteiger partial charge in [0.15, 0.2) is 5.82 Å². The lowest BCUT2D eigenvalue weighted by atomic mass is 10.3. The van der Waals surface area contributed by atoms with Gasteiger partial charge in [-0.15, -0.1) is 0 Å². The minimum absolute atomic E-state index is 0.414. The van der Waals surface area contributed by atoms with Gasteiger partial charge in [-0.1, -0.05) is 22.0 Å². The number of aromatic nitrogens is 3. The number of anilines is 2. The van der Waals surface area contributed by atoms with Crippen LogP contribution in [0.3, 0.4) is 0 Å². The average molecular weight is 267 g/mol. The molecule has 15 heavy (non-hydrogen) atoms. The maximum Gasteiger partial charge on any atom is 0.363 e. The molecular formula is C9H7BrN4O. The molecule has 0 saturated heterocycles. The van der Waals surface area contributed by atoms with Crippen LogP contribution in [0.4, 0.5) is 11.5 Å². The summed E-state index contributed by atoms with van der Waals surface area (Å²) in [5.41, 5.74) is 0.360. The predicted molar refractivity (Wildman–Crippen MR) is 60.1 cm³/mol. The highest BCUT2D eigenvalue weighted by molar-refractivity contribution is 9.10. The van der Waals surface area contributed by atoms with Crippen LogP contribution < -0.4 is 11.0 Å². The second-order valence-corrected chi connectivity index (χ2v) is 3.72. The number of nitrogens with zero attached hydrogens (tertiary/aromatic N) is 2. The molecule has 0 aliphatic rings. The van der Waals surface area contributed by atoms with Crippen LogP contribution in [0.5, 0.6) is 0 Å². The van der Waals surface area contributed by atoms with Crippen LogP contribution in [0.2, 0.25) is 0 Å². The smallest absolute Gasteiger partial charge is 0.339 e. The van der Waals surface area contributed by atoms with Crippen LogP contribution in [0.1, 0.15) is 0 Å². The minimum Gasteiger partial charge on any atom is -0.339 e. The molecule has 76 valence electrons. The van der Waals surface area contributed by atoms with Gasteiger partial charge in [-0.3, -0.25) is 0 Å². The third-order valence-electron chi connectivity index (χ3n) is 1.67. The van der Waals surface area contributed by atoms with E-state index in [0.29, 0.717) is 5.82 Å². The van der Waals surface area contributed by atoms with E-state index in [4.69, 9.17) is 0 Å². The Balaban J connectivity index is 2.26. The molecule has 2 rings (SSSR count). The highest BCUT2D eigenvalue weighted by Crippen LogP contribution is 2.17. The highest BCUT2D eigenvalue weighted by Gasteiger charge is 1.97. The molecule has 0 saturated carbocycles. The van der Waals surface area contributed by atoms with E-state index >= 15 is 0 Å². The number of hydrogen-bond acceptors (Lipinski definition) is 4. The van der Waals surface area contributed by atoms with Gasteiger partial charge in [0.05, 0.1) is 6.20 Å². The number of rotatable bonds is 2. The standard InChI is InChI=1S/C9H7BrN4O/c10-6-2-1-3-7(4-6)12-8-5-11-14-9(15)13-8/h1-5H,(H2,12,13,14,15). The summed E-state index contributed by atoms with van der Waals surface area (Å²) in [6, 6.07) is 7.54. The van der Waals surface area contributed by atoms with Crippen molar-refractivity contribution in [3.05, 3.63) is 45.4 Å². The number of H-pyrrole nitrogens is 1. The minimum atomic E-state index is -0.477. The van der Waals surface area contributed by atoms with Crippen LogP contribution >= 0.6 is 15.9 Å². The van der Waals surface area contributed by atoms with Gasteiger partial charge in [0.25, 0.3) is 0 Å². The van der Waals surface area contributed by atoms with Gasteiger partial charge in [0.2, 0.25) is 0 Å². The molecule has 1 aromatic heterocycles. The van der Waals surface area contributed by atoms with Crippen molar-refractivity contribution in [2.45, 2.75) is 0 Å². The molecule has 6 heteroatoms. The number of benzene rings is 1. The van der Waals surface area contributed by atoms with E-state index < -0.39 is 5.69 Å². The van der Waals surface area contributed by atoms with Crippen molar-refractivity contribution < 1.29 is 0 Å². The molecular weight excluding hydrogens is 260 g/mol. The number of hydrogen-bond donors (Lipinski definition) is 2. The van der Waals surface area contributed by atoms with E-state index in [1.165, 1.54) is 6.20 Å². The van der Waals surface area contributed by atoms with E-state index in [-0.39, 0.29) is 0 Å². The molecule has 5 nitrogen and oxygen atoms in total. The summed E-state index contributed by atoms with van der Waals surface area (Å²) in [6.07, 6.45) is 1.45. The van der Waals surface area contributed by atoms with Crippen molar-refractivity contribution in [1.82, 2.24) is 15.2 Å². The number of halogens is 1. The van der Waals surface area contributed by atoms with E-state index in [1.54, 1.807) is 0 Å². The molecule has 0 amide bonds. The zero-order valence-corrected chi connectivity index (χ0v) is 9.15. The van der Waals surface area contributed by atoms with E-state index in [2.05, 4.69) is 36.4 Å². The zero-order valence-electron chi connectivity index (χ0n) is 7.57. The second kappa shape index (κ2) is 4.22. The Morgan fingerprint density at radius 3 is 3.00 bits per heavy atom. The van der Waals surface area contributed by atoms with Gasteiger partial charge in [0, 0.05) is 10.2 Å². The summed E-state index contributed by atoms with van der Waals surface area (Å²) in [5.74, 6) is 0.414. The maximum absolute atomic E-state index is 10.9. The molecule has 0 spiro atoms. The Morgan fingerprint density at radius 2 is 2.27 bits per heavy atom. The fourth-order valence-corrected chi connectivity index (χ4v) is 1.49. The SMILES string of the molecule is O=c1nc(Nc2cccc(Br)c2)cn[nH]1. The zero-order chi connectivity index (χ0) is 10.7. The van der Waals surface area contributed by atoms with Crippen molar-refractivity contribution in [1.29, 1.82) is 0 Å². The van der Waals surface area contributed by atoms with Crippen LogP contribution in [-0.4, -0.2) is 15.2 Å². The fraction of sp³-hybridized carbons (Fsp3) is 0. The first-order valence-electron chi connectivity index (χ1n) is 4.18. The van der Waals surface area contributed by atoms with Crippen LogP contribution in [0.15, 0.2) is 39.7 Å². The molecule has 0 fully saturated rings. The number of aromatic amines is 1. The maximum atomic E-state index is 10.9. The molecule has 0 atom stereocenters. The molecule has 0 radical (unpaired) electrons. The van der Waals surface area contributed by atoms with Gasteiger partial charge in [-0.2, -0.15) is 10.1 Å². The Kier molecular flexibility index (Phi) is 2.77. The normalized spacial score (nSPS) is 9.93.